The number of hydrogen-bond donors (Lipinski definition) is 0. The first-order valence-corrected chi connectivity index (χ1v) is 13.3. The summed E-state index contributed by atoms with van der Waals surface area (Å²) in [6.07, 6.45) is 1.18. The number of benzene rings is 3. The van der Waals surface area contributed by atoms with E-state index in [0.29, 0.717) is 24.2 Å². The lowest BCUT2D eigenvalue weighted by Crippen LogP contribution is -2.30. The molecule has 5 rings (SSSR count). The molecule has 0 bridgehead atoms. The average Bonchev–Trinajstić information content (AvgIpc) is 3.56. The van der Waals surface area contributed by atoms with Gasteiger partial charge in [-0.1, -0.05) is 53.2 Å². The van der Waals surface area contributed by atoms with Gasteiger partial charge in [-0.15, -0.1) is 0 Å². The molecule has 0 radical (unpaired) electrons. The van der Waals surface area contributed by atoms with Gasteiger partial charge >= 0.3 is 6.09 Å². The molecule has 1 fully saturated rings. The maximum absolute atomic E-state index is 12.2. The van der Waals surface area contributed by atoms with E-state index >= 15 is 0 Å². The lowest BCUT2D eigenvalue weighted by molar-refractivity contribution is 0.0601. The van der Waals surface area contributed by atoms with E-state index in [2.05, 4.69) is 41.3 Å². The monoisotopic (exact) mass is 526 g/mol. The fraction of sp³-hybridized carbons (Fsp3) is 0.355. The predicted octanol–water partition coefficient (Wildman–Crippen LogP) is 7.27. The van der Waals surface area contributed by atoms with Gasteiger partial charge in [-0.25, -0.2) is 4.79 Å². The highest BCUT2D eigenvalue weighted by Crippen LogP contribution is 2.33. The highest BCUT2D eigenvalue weighted by atomic mass is 16.6. The van der Waals surface area contributed by atoms with Crippen LogP contribution >= 0.6 is 0 Å². The van der Waals surface area contributed by atoms with Crippen LogP contribution in [0.4, 0.5) is 4.79 Å². The molecule has 0 N–H and O–H groups in total. The van der Waals surface area contributed by atoms with Crippen LogP contribution in [-0.4, -0.2) is 39.1 Å². The predicted molar refractivity (Wildman–Crippen MR) is 151 cm³/mol. The summed E-state index contributed by atoms with van der Waals surface area (Å²) >= 11 is 0. The third kappa shape index (κ3) is 6.45. The smallest absolute Gasteiger partial charge is 0.435 e. The first-order chi connectivity index (χ1) is 18.6. The van der Waals surface area contributed by atoms with E-state index in [9.17, 15) is 4.79 Å². The van der Waals surface area contributed by atoms with Crippen molar-refractivity contribution in [2.24, 2.45) is 4.99 Å². The Bertz CT molecular complexity index is 1520. The molecule has 3 aromatic carbocycles. The molecule has 2 heterocycles. The minimum absolute atomic E-state index is 0.133. The topological polar surface area (TPSA) is 90.0 Å². The summed E-state index contributed by atoms with van der Waals surface area (Å²) in [5.41, 5.74) is 2.64. The van der Waals surface area contributed by atoms with Crippen molar-refractivity contribution in [3.63, 3.8) is 0 Å². The number of aromatic nitrogens is 2. The number of fused-ring (bicyclic) bond motifs is 1. The van der Waals surface area contributed by atoms with Crippen molar-refractivity contribution in [1.82, 2.24) is 15.0 Å². The summed E-state index contributed by atoms with van der Waals surface area (Å²) in [6, 6.07) is 20.3. The van der Waals surface area contributed by atoms with Gasteiger partial charge in [-0.3, -0.25) is 0 Å². The molecule has 8 nitrogen and oxygen atoms in total. The van der Waals surface area contributed by atoms with Crippen LogP contribution in [0.3, 0.4) is 0 Å². The van der Waals surface area contributed by atoms with E-state index in [-0.39, 0.29) is 6.04 Å². The van der Waals surface area contributed by atoms with Crippen LogP contribution in [0.15, 0.2) is 70.2 Å². The van der Waals surface area contributed by atoms with Crippen LogP contribution < -0.4 is 4.74 Å². The fourth-order valence-corrected chi connectivity index (χ4v) is 4.80. The summed E-state index contributed by atoms with van der Waals surface area (Å²) in [5.74, 6) is 2.45. The second-order valence-corrected chi connectivity index (χ2v) is 10.9. The first-order valence-electron chi connectivity index (χ1n) is 13.3. The molecule has 1 amide bonds. The van der Waals surface area contributed by atoms with Crippen LogP contribution in [0.1, 0.15) is 63.6 Å². The highest BCUT2D eigenvalue weighted by Gasteiger charge is 2.32. The fourth-order valence-electron chi connectivity index (χ4n) is 4.80. The van der Waals surface area contributed by atoms with Gasteiger partial charge in [-0.05, 0) is 82.0 Å². The number of amidine groups is 1. The highest BCUT2D eigenvalue weighted by molar-refractivity contribution is 5.90. The second kappa shape index (κ2) is 10.9. The molecule has 0 spiro atoms. The Morgan fingerprint density at radius 2 is 1.90 bits per heavy atom. The van der Waals surface area contributed by atoms with Crippen LogP contribution in [0.5, 0.6) is 5.75 Å². The van der Waals surface area contributed by atoms with E-state index in [1.54, 1.807) is 0 Å². The number of amides is 1. The van der Waals surface area contributed by atoms with E-state index in [0.717, 1.165) is 47.0 Å². The van der Waals surface area contributed by atoms with E-state index in [4.69, 9.17) is 19.0 Å². The molecular weight excluding hydrogens is 492 g/mol. The third-order valence-corrected chi connectivity index (χ3v) is 6.60. The SMILES string of the molecule is CC(=NC(=O)OC(C)(C)C)N1CCC[C@H]1c1nc(-c2ccc3cc(OCc4cccc(C)c4)ccc3c2)no1. The lowest BCUT2D eigenvalue weighted by atomic mass is 10.1. The summed E-state index contributed by atoms with van der Waals surface area (Å²) in [6.45, 7) is 10.6. The first kappa shape index (κ1) is 26.4. The molecule has 0 saturated carbocycles. The van der Waals surface area contributed by atoms with Crippen molar-refractivity contribution in [3.8, 4) is 17.1 Å². The maximum Gasteiger partial charge on any atom is 0.435 e. The van der Waals surface area contributed by atoms with Crippen molar-refractivity contribution in [3.05, 3.63) is 77.7 Å². The Labute approximate surface area is 228 Å². The number of carbonyl (C=O) groups is 1. The number of carbonyl (C=O) groups excluding carboxylic acids is 1. The number of aliphatic imine (C=N–C) groups is 1. The molecule has 1 aliphatic rings. The molecule has 4 aromatic rings. The molecule has 1 aliphatic heterocycles. The number of likely N-dealkylation sites (tertiary alicyclic amines) is 1. The van der Waals surface area contributed by atoms with Crippen molar-refractivity contribution in [2.75, 3.05) is 6.54 Å². The van der Waals surface area contributed by atoms with Crippen molar-refractivity contribution in [1.29, 1.82) is 0 Å². The van der Waals surface area contributed by atoms with Crippen LogP contribution in [-0.2, 0) is 11.3 Å². The maximum atomic E-state index is 12.2. The zero-order chi connectivity index (χ0) is 27.6. The van der Waals surface area contributed by atoms with Gasteiger partial charge in [-0.2, -0.15) is 9.98 Å². The number of aryl methyl sites for hydroxylation is 1. The molecule has 1 aromatic heterocycles. The zero-order valence-electron chi connectivity index (χ0n) is 23.1. The average molecular weight is 527 g/mol. The van der Waals surface area contributed by atoms with Gasteiger partial charge in [0.2, 0.25) is 11.7 Å². The van der Waals surface area contributed by atoms with Crippen LogP contribution in [0.25, 0.3) is 22.2 Å². The Balaban J connectivity index is 1.29. The molecule has 1 atom stereocenters. The Hall–Kier alpha value is -4.20. The van der Waals surface area contributed by atoms with Gasteiger partial charge in [0.05, 0.1) is 0 Å². The van der Waals surface area contributed by atoms with E-state index in [1.165, 1.54) is 5.56 Å². The number of nitrogens with zero attached hydrogens (tertiary/aromatic N) is 4. The second-order valence-electron chi connectivity index (χ2n) is 10.9. The summed E-state index contributed by atoms with van der Waals surface area (Å²) < 4.78 is 17.1. The van der Waals surface area contributed by atoms with E-state index < -0.39 is 11.7 Å². The molecule has 202 valence electrons. The van der Waals surface area contributed by atoms with Gasteiger partial charge in [0.1, 0.15) is 29.8 Å². The summed E-state index contributed by atoms with van der Waals surface area (Å²) in [4.78, 5) is 23.1. The molecule has 8 heteroatoms. The van der Waals surface area contributed by atoms with Crippen molar-refractivity contribution < 1.29 is 18.8 Å². The summed E-state index contributed by atoms with van der Waals surface area (Å²) in [5, 5.41) is 6.39. The number of ether oxygens (including phenoxy) is 2. The standard InChI is InChI=1S/C31H34N4O4/c1-20-8-6-9-22(16-20)19-37-26-14-13-23-17-25(12-11-24(23)18-26)28-33-29(39-34-28)27-10-7-15-35(27)21(2)32-30(36)38-31(3,4)5/h6,8-9,11-14,16-18,27H,7,10,15,19H2,1-5H3/t27-/m0/s1. The normalized spacial score (nSPS) is 16.1. The summed E-state index contributed by atoms with van der Waals surface area (Å²) in [7, 11) is 0. The molecule has 1 saturated heterocycles. The molecule has 0 unspecified atom stereocenters. The number of rotatable bonds is 5. The minimum atomic E-state index is -0.600. The molecule has 39 heavy (non-hydrogen) atoms. The largest absolute Gasteiger partial charge is 0.489 e. The Kier molecular flexibility index (Phi) is 7.37. The van der Waals surface area contributed by atoms with Gasteiger partial charge in [0, 0.05) is 12.1 Å². The Morgan fingerprint density at radius 1 is 1.10 bits per heavy atom. The lowest BCUT2D eigenvalue weighted by Gasteiger charge is -2.24. The third-order valence-electron chi connectivity index (χ3n) is 6.60. The quantitative estimate of drug-likeness (QED) is 0.200. The van der Waals surface area contributed by atoms with Crippen LogP contribution in [0, 0.1) is 6.92 Å². The van der Waals surface area contributed by atoms with Gasteiger partial charge in [0.15, 0.2) is 0 Å². The van der Waals surface area contributed by atoms with Crippen LogP contribution in [0.2, 0.25) is 0 Å². The molecular formula is C31H34N4O4. The zero-order valence-corrected chi connectivity index (χ0v) is 23.1. The number of hydrogen-bond acceptors (Lipinski definition) is 6. The van der Waals surface area contributed by atoms with E-state index in [1.807, 2.05) is 69.0 Å². The molecule has 0 aliphatic carbocycles. The van der Waals surface area contributed by atoms with Gasteiger partial charge < -0.3 is 18.9 Å². The van der Waals surface area contributed by atoms with Gasteiger partial charge in [0.25, 0.3) is 0 Å². The van der Waals surface area contributed by atoms with Crippen molar-refractivity contribution in [2.45, 2.75) is 65.7 Å². The Morgan fingerprint density at radius 3 is 2.69 bits per heavy atom. The minimum Gasteiger partial charge on any atom is -0.489 e. The van der Waals surface area contributed by atoms with Crippen molar-refractivity contribution >= 4 is 22.7 Å².